The number of likely N-dealkylation sites (N-methyl/N-ethyl adjacent to an activating group) is 1. The smallest absolute Gasteiger partial charge is 0.129 e. The average Bonchev–Trinajstić information content (AvgIpc) is 2.41. The van der Waals surface area contributed by atoms with Gasteiger partial charge >= 0.3 is 0 Å². The Bertz CT molecular complexity index is 369. The second kappa shape index (κ2) is 5.80. The standard InChI is InChI=1S/C13H20ClN3/c1-11-9-16(2)7-4-8-17(11)10-12-5-3-6-13(14)15-12/h3,5-6,11H,4,7-10H2,1-2H3. The minimum atomic E-state index is 0.572. The van der Waals surface area contributed by atoms with Gasteiger partial charge in [-0.1, -0.05) is 17.7 Å². The predicted octanol–water partition coefficient (Wildman–Crippen LogP) is 2.26. The Balaban J connectivity index is 2.02. The first kappa shape index (κ1) is 12.8. The fourth-order valence-corrected chi connectivity index (χ4v) is 2.58. The van der Waals surface area contributed by atoms with Crippen molar-refractivity contribution in [3.8, 4) is 0 Å². The topological polar surface area (TPSA) is 19.4 Å². The fraction of sp³-hybridized carbons (Fsp3) is 0.615. The summed E-state index contributed by atoms with van der Waals surface area (Å²) in [6.07, 6.45) is 1.22. The Hall–Kier alpha value is -0.640. The van der Waals surface area contributed by atoms with Crippen molar-refractivity contribution in [3.05, 3.63) is 29.0 Å². The van der Waals surface area contributed by atoms with Gasteiger partial charge in [0.1, 0.15) is 5.15 Å². The normalized spacial score (nSPS) is 23.6. The van der Waals surface area contributed by atoms with Crippen molar-refractivity contribution in [2.24, 2.45) is 0 Å². The number of halogens is 1. The summed E-state index contributed by atoms with van der Waals surface area (Å²) in [6, 6.07) is 6.42. The van der Waals surface area contributed by atoms with Gasteiger partial charge in [0.05, 0.1) is 5.69 Å². The molecule has 1 aromatic heterocycles. The van der Waals surface area contributed by atoms with E-state index in [9.17, 15) is 0 Å². The van der Waals surface area contributed by atoms with Crippen molar-refractivity contribution in [1.29, 1.82) is 0 Å². The minimum absolute atomic E-state index is 0.572. The SMILES string of the molecule is CC1CN(C)CCCN1Cc1cccc(Cl)n1. The lowest BCUT2D eigenvalue weighted by Crippen LogP contribution is -2.37. The van der Waals surface area contributed by atoms with Gasteiger partial charge in [0.25, 0.3) is 0 Å². The van der Waals surface area contributed by atoms with Crippen molar-refractivity contribution in [2.75, 3.05) is 26.7 Å². The van der Waals surface area contributed by atoms with E-state index in [2.05, 4.69) is 28.8 Å². The molecule has 1 aliphatic heterocycles. The molecule has 0 aliphatic carbocycles. The van der Waals surface area contributed by atoms with Gasteiger partial charge in [-0.15, -0.1) is 0 Å². The summed E-state index contributed by atoms with van der Waals surface area (Å²) in [4.78, 5) is 9.25. The highest BCUT2D eigenvalue weighted by Gasteiger charge is 2.19. The van der Waals surface area contributed by atoms with E-state index >= 15 is 0 Å². The van der Waals surface area contributed by atoms with Gasteiger partial charge in [-0.3, -0.25) is 4.90 Å². The van der Waals surface area contributed by atoms with Gasteiger partial charge in [0, 0.05) is 25.7 Å². The molecule has 0 aromatic carbocycles. The first-order valence-corrected chi connectivity index (χ1v) is 6.57. The van der Waals surface area contributed by atoms with Crippen LogP contribution in [0.15, 0.2) is 18.2 Å². The molecule has 0 saturated carbocycles. The van der Waals surface area contributed by atoms with Gasteiger partial charge in [-0.2, -0.15) is 0 Å². The molecule has 1 saturated heterocycles. The molecule has 0 amide bonds. The summed E-state index contributed by atoms with van der Waals surface area (Å²) in [6.45, 7) is 6.63. The van der Waals surface area contributed by atoms with E-state index in [0.717, 1.165) is 25.3 Å². The molecule has 1 aliphatic rings. The molecule has 0 spiro atoms. The first-order valence-electron chi connectivity index (χ1n) is 6.19. The molecule has 0 N–H and O–H groups in total. The molecule has 4 heteroatoms. The summed E-state index contributed by atoms with van der Waals surface area (Å²) in [5.74, 6) is 0. The Morgan fingerprint density at radius 2 is 2.24 bits per heavy atom. The zero-order valence-corrected chi connectivity index (χ0v) is 11.3. The Morgan fingerprint density at radius 3 is 3.00 bits per heavy atom. The van der Waals surface area contributed by atoms with Crippen LogP contribution in [-0.2, 0) is 6.54 Å². The minimum Gasteiger partial charge on any atom is -0.305 e. The van der Waals surface area contributed by atoms with E-state index in [1.54, 1.807) is 0 Å². The lowest BCUT2D eigenvalue weighted by Gasteiger charge is -2.27. The van der Waals surface area contributed by atoms with Crippen LogP contribution in [0.3, 0.4) is 0 Å². The predicted molar refractivity (Wildman–Crippen MR) is 71.2 cm³/mol. The zero-order valence-electron chi connectivity index (χ0n) is 10.6. The number of hydrogen-bond donors (Lipinski definition) is 0. The maximum Gasteiger partial charge on any atom is 0.129 e. The molecule has 1 aromatic rings. The van der Waals surface area contributed by atoms with Crippen LogP contribution in [0.5, 0.6) is 0 Å². The molecule has 2 heterocycles. The number of rotatable bonds is 2. The number of nitrogens with zero attached hydrogens (tertiary/aromatic N) is 3. The lowest BCUT2D eigenvalue weighted by molar-refractivity contribution is 0.192. The Kier molecular flexibility index (Phi) is 4.37. The molecule has 2 rings (SSSR count). The van der Waals surface area contributed by atoms with Crippen molar-refractivity contribution >= 4 is 11.6 Å². The number of pyridine rings is 1. The maximum absolute atomic E-state index is 5.92. The van der Waals surface area contributed by atoms with E-state index < -0.39 is 0 Å². The van der Waals surface area contributed by atoms with Crippen molar-refractivity contribution < 1.29 is 0 Å². The highest BCUT2D eigenvalue weighted by Crippen LogP contribution is 2.13. The molecule has 0 radical (unpaired) electrons. The van der Waals surface area contributed by atoms with Crippen LogP contribution in [0.25, 0.3) is 0 Å². The third-order valence-electron chi connectivity index (χ3n) is 3.32. The Morgan fingerprint density at radius 1 is 1.41 bits per heavy atom. The van der Waals surface area contributed by atoms with E-state index in [-0.39, 0.29) is 0 Å². The number of hydrogen-bond acceptors (Lipinski definition) is 3. The summed E-state index contributed by atoms with van der Waals surface area (Å²) in [5, 5.41) is 0.585. The van der Waals surface area contributed by atoms with Crippen LogP contribution in [0.2, 0.25) is 5.15 Å². The van der Waals surface area contributed by atoms with E-state index in [4.69, 9.17) is 11.6 Å². The van der Waals surface area contributed by atoms with Crippen LogP contribution in [0.4, 0.5) is 0 Å². The maximum atomic E-state index is 5.92. The summed E-state index contributed by atoms with van der Waals surface area (Å²) < 4.78 is 0. The monoisotopic (exact) mass is 253 g/mol. The van der Waals surface area contributed by atoms with Crippen LogP contribution in [0.1, 0.15) is 19.0 Å². The van der Waals surface area contributed by atoms with Crippen LogP contribution in [-0.4, -0.2) is 47.5 Å². The van der Waals surface area contributed by atoms with Gasteiger partial charge < -0.3 is 4.90 Å². The highest BCUT2D eigenvalue weighted by atomic mass is 35.5. The molecule has 94 valence electrons. The van der Waals surface area contributed by atoms with Gasteiger partial charge in [-0.25, -0.2) is 4.98 Å². The first-order chi connectivity index (χ1) is 8.15. The summed E-state index contributed by atoms with van der Waals surface area (Å²) in [5.41, 5.74) is 1.06. The summed E-state index contributed by atoms with van der Waals surface area (Å²) >= 11 is 5.92. The quantitative estimate of drug-likeness (QED) is 0.754. The molecular formula is C13H20ClN3. The second-order valence-corrected chi connectivity index (χ2v) is 5.27. The van der Waals surface area contributed by atoms with Crippen molar-refractivity contribution in [3.63, 3.8) is 0 Å². The lowest BCUT2D eigenvalue weighted by atomic mass is 10.2. The van der Waals surface area contributed by atoms with Crippen molar-refractivity contribution in [2.45, 2.75) is 25.9 Å². The van der Waals surface area contributed by atoms with Gasteiger partial charge in [0.15, 0.2) is 0 Å². The molecule has 17 heavy (non-hydrogen) atoms. The third kappa shape index (κ3) is 3.66. The van der Waals surface area contributed by atoms with Gasteiger partial charge in [-0.05, 0) is 39.1 Å². The molecule has 1 fully saturated rings. The largest absolute Gasteiger partial charge is 0.305 e. The van der Waals surface area contributed by atoms with E-state index in [1.165, 1.54) is 13.0 Å². The average molecular weight is 254 g/mol. The molecule has 1 atom stereocenters. The fourth-order valence-electron chi connectivity index (χ4n) is 2.40. The zero-order chi connectivity index (χ0) is 12.3. The molecule has 3 nitrogen and oxygen atoms in total. The Labute approximate surface area is 108 Å². The van der Waals surface area contributed by atoms with E-state index in [1.807, 2.05) is 18.2 Å². The van der Waals surface area contributed by atoms with Crippen LogP contribution < -0.4 is 0 Å². The third-order valence-corrected chi connectivity index (χ3v) is 3.53. The number of aromatic nitrogens is 1. The highest BCUT2D eigenvalue weighted by molar-refractivity contribution is 6.29. The van der Waals surface area contributed by atoms with E-state index in [0.29, 0.717) is 11.2 Å². The molecule has 1 unspecified atom stereocenters. The van der Waals surface area contributed by atoms with Crippen molar-refractivity contribution in [1.82, 2.24) is 14.8 Å². The van der Waals surface area contributed by atoms with Gasteiger partial charge in [0.2, 0.25) is 0 Å². The second-order valence-electron chi connectivity index (χ2n) is 4.89. The summed E-state index contributed by atoms with van der Waals surface area (Å²) in [7, 11) is 2.19. The van der Waals surface area contributed by atoms with Crippen LogP contribution in [0, 0.1) is 0 Å². The van der Waals surface area contributed by atoms with Crippen LogP contribution >= 0.6 is 11.6 Å². The molecule has 0 bridgehead atoms. The molecular weight excluding hydrogens is 234 g/mol.